The molecule has 0 saturated carbocycles. The first-order chi connectivity index (χ1) is 20.1. The van der Waals surface area contributed by atoms with Crippen molar-refractivity contribution in [1.29, 1.82) is 0 Å². The molecule has 0 aliphatic carbocycles. The van der Waals surface area contributed by atoms with E-state index < -0.39 is 0 Å². The Morgan fingerprint density at radius 2 is 2.15 bits per heavy atom. The van der Waals surface area contributed by atoms with Gasteiger partial charge in [0.1, 0.15) is 11.7 Å². The number of aliphatic imine (C=N–C) groups is 1. The summed E-state index contributed by atoms with van der Waals surface area (Å²) in [5.41, 5.74) is 8.77. The second kappa shape index (κ2) is 15.5. The zero-order chi connectivity index (χ0) is 28.9. The van der Waals surface area contributed by atoms with Crippen molar-refractivity contribution in [2.45, 2.75) is 48.6 Å². The summed E-state index contributed by atoms with van der Waals surface area (Å²) in [6.45, 7) is 3.85. The van der Waals surface area contributed by atoms with Crippen LogP contribution in [0.25, 0.3) is 11.3 Å². The summed E-state index contributed by atoms with van der Waals surface area (Å²) in [5, 5.41) is 5.77. The molecule has 212 valence electrons. The molecule has 0 bridgehead atoms. The third-order valence-corrected chi connectivity index (χ3v) is 7.49. The first kappa shape index (κ1) is 29.6. The summed E-state index contributed by atoms with van der Waals surface area (Å²) in [7, 11) is 0. The molecule has 0 radical (unpaired) electrons. The summed E-state index contributed by atoms with van der Waals surface area (Å²) in [5.74, 6) is 7.44. The largest absolute Gasteiger partial charge is 0.386 e. The Morgan fingerprint density at radius 1 is 1.29 bits per heavy atom. The van der Waals surface area contributed by atoms with Crippen molar-refractivity contribution in [3.05, 3.63) is 78.4 Å². The van der Waals surface area contributed by atoms with Gasteiger partial charge in [0.05, 0.1) is 31.0 Å². The lowest BCUT2D eigenvalue weighted by Crippen LogP contribution is -2.38. The molecule has 10 heteroatoms. The van der Waals surface area contributed by atoms with Crippen LogP contribution in [0.2, 0.25) is 0 Å². The van der Waals surface area contributed by atoms with Gasteiger partial charge in [-0.3, -0.25) is 9.59 Å². The number of H-pyrrole nitrogens is 1. The van der Waals surface area contributed by atoms with Crippen LogP contribution in [0.4, 0.5) is 0 Å². The number of amidine groups is 1. The van der Waals surface area contributed by atoms with Crippen molar-refractivity contribution >= 4 is 29.9 Å². The molecule has 1 saturated heterocycles. The number of hydrogen-bond acceptors (Lipinski definition) is 6. The standard InChI is InChI=1S/C31H35N7O2S/c1-2-17-38(30(40)20-33-22-39)21-29-36-19-27(37-29)24-14-13-23(28(18-24)41-25-10-4-3-5-11-25)9-6-7-15-35-31(32)26-12-8-16-34-26/h3-5,7,10-11,13-15,18-19,22,26,34H,2,8,12,16-17,20-21H2,1H3,(H2,32,35)(H,33,39)(H,36,37)/b15-7+. The molecule has 41 heavy (non-hydrogen) atoms. The molecule has 9 nitrogen and oxygen atoms in total. The van der Waals surface area contributed by atoms with Crippen molar-refractivity contribution in [2.24, 2.45) is 10.7 Å². The number of allylic oxidation sites excluding steroid dienone is 1. The number of benzene rings is 2. The van der Waals surface area contributed by atoms with E-state index >= 15 is 0 Å². The normalized spacial score (nSPS) is 15.0. The molecule has 5 N–H and O–H groups in total. The van der Waals surface area contributed by atoms with Gasteiger partial charge in [-0.25, -0.2) is 9.98 Å². The number of carbonyl (C=O) groups is 2. The number of amides is 2. The van der Waals surface area contributed by atoms with Crippen LogP contribution in [-0.2, 0) is 16.1 Å². The summed E-state index contributed by atoms with van der Waals surface area (Å²) in [6, 6.07) is 16.4. The number of aromatic amines is 1. The van der Waals surface area contributed by atoms with Crippen molar-refractivity contribution in [1.82, 2.24) is 25.5 Å². The predicted octanol–water partition coefficient (Wildman–Crippen LogP) is 3.69. The topological polar surface area (TPSA) is 128 Å². The molecule has 0 spiro atoms. The van der Waals surface area contributed by atoms with Gasteiger partial charge >= 0.3 is 0 Å². The van der Waals surface area contributed by atoms with Gasteiger partial charge in [0.25, 0.3) is 0 Å². The van der Waals surface area contributed by atoms with Crippen LogP contribution in [-0.4, -0.2) is 58.7 Å². The Labute approximate surface area is 245 Å². The van der Waals surface area contributed by atoms with E-state index in [2.05, 4.69) is 55.6 Å². The number of nitrogens with zero attached hydrogens (tertiary/aromatic N) is 3. The molecule has 1 unspecified atom stereocenters. The van der Waals surface area contributed by atoms with E-state index in [9.17, 15) is 9.59 Å². The van der Waals surface area contributed by atoms with Crippen LogP contribution in [0.5, 0.6) is 0 Å². The molecule has 1 aromatic heterocycles. The van der Waals surface area contributed by atoms with Gasteiger partial charge in [0, 0.05) is 39.7 Å². The second-order valence-electron chi connectivity index (χ2n) is 9.47. The summed E-state index contributed by atoms with van der Waals surface area (Å²) in [4.78, 5) is 39.1. The monoisotopic (exact) mass is 569 g/mol. The smallest absolute Gasteiger partial charge is 0.242 e. The maximum atomic E-state index is 12.5. The molecule has 1 aliphatic heterocycles. The van der Waals surface area contributed by atoms with E-state index in [1.807, 2.05) is 37.3 Å². The highest BCUT2D eigenvalue weighted by molar-refractivity contribution is 7.99. The minimum atomic E-state index is -0.154. The highest BCUT2D eigenvalue weighted by Gasteiger charge is 2.17. The van der Waals surface area contributed by atoms with E-state index in [-0.39, 0.29) is 18.5 Å². The molecule has 3 aromatic rings. The quantitative estimate of drug-likeness (QED) is 0.114. The number of nitrogens with two attached hydrogens (primary N) is 1. The van der Waals surface area contributed by atoms with Gasteiger partial charge in [-0.1, -0.05) is 54.8 Å². The Balaban J connectivity index is 1.53. The lowest BCUT2D eigenvalue weighted by atomic mass is 10.1. The molecule has 4 rings (SSSR count). The van der Waals surface area contributed by atoms with E-state index in [1.54, 1.807) is 35.1 Å². The first-order valence-corrected chi connectivity index (χ1v) is 14.5. The van der Waals surface area contributed by atoms with E-state index in [1.165, 1.54) is 0 Å². The van der Waals surface area contributed by atoms with Gasteiger partial charge in [-0.15, -0.1) is 0 Å². The van der Waals surface area contributed by atoms with Crippen LogP contribution < -0.4 is 16.4 Å². The van der Waals surface area contributed by atoms with Gasteiger partial charge in [-0.05, 0) is 50.1 Å². The number of nitrogens with one attached hydrogen (secondary N) is 3. The lowest BCUT2D eigenvalue weighted by molar-refractivity contribution is -0.132. The Kier molecular flexibility index (Phi) is 11.2. The maximum absolute atomic E-state index is 12.5. The number of carbonyl (C=O) groups excluding carboxylic acids is 2. The van der Waals surface area contributed by atoms with Gasteiger partial charge in [-0.2, -0.15) is 0 Å². The Hall–Kier alpha value is -4.33. The minimum absolute atomic E-state index is 0.0354. The van der Waals surface area contributed by atoms with Crippen LogP contribution >= 0.6 is 11.8 Å². The van der Waals surface area contributed by atoms with Crippen LogP contribution in [0.1, 0.15) is 37.6 Å². The van der Waals surface area contributed by atoms with Crippen molar-refractivity contribution in [3.63, 3.8) is 0 Å². The SMILES string of the molecule is CCCN(Cc1ncc(-c2ccc(C#C/C=C/N=C(N)C3CCCN3)c(Sc3ccccc3)c2)[nH]1)C(=O)CNC=O. The molecular weight excluding hydrogens is 534 g/mol. The zero-order valence-electron chi connectivity index (χ0n) is 23.1. The predicted molar refractivity (Wildman–Crippen MR) is 163 cm³/mol. The van der Waals surface area contributed by atoms with Crippen molar-refractivity contribution in [2.75, 3.05) is 19.6 Å². The Morgan fingerprint density at radius 3 is 2.90 bits per heavy atom. The summed E-state index contributed by atoms with van der Waals surface area (Å²) in [6.07, 6.45) is 8.58. The number of aromatic nitrogens is 2. The molecule has 2 heterocycles. The maximum Gasteiger partial charge on any atom is 0.242 e. The molecule has 1 aliphatic rings. The Bertz CT molecular complexity index is 1430. The zero-order valence-corrected chi connectivity index (χ0v) is 23.9. The highest BCUT2D eigenvalue weighted by Crippen LogP contribution is 2.33. The van der Waals surface area contributed by atoms with Crippen LogP contribution in [0.3, 0.4) is 0 Å². The summed E-state index contributed by atoms with van der Waals surface area (Å²) < 4.78 is 0. The van der Waals surface area contributed by atoms with Crippen molar-refractivity contribution in [3.8, 4) is 23.1 Å². The van der Waals surface area contributed by atoms with Gasteiger partial charge in [0.15, 0.2) is 0 Å². The lowest BCUT2D eigenvalue weighted by Gasteiger charge is -2.20. The minimum Gasteiger partial charge on any atom is -0.386 e. The van der Waals surface area contributed by atoms with Crippen LogP contribution in [0, 0.1) is 11.8 Å². The average molecular weight is 570 g/mol. The molecule has 1 atom stereocenters. The third kappa shape index (κ3) is 8.83. The third-order valence-electron chi connectivity index (χ3n) is 6.42. The number of rotatable bonds is 12. The van der Waals surface area contributed by atoms with Gasteiger partial charge in [0.2, 0.25) is 12.3 Å². The van der Waals surface area contributed by atoms with Gasteiger partial charge < -0.3 is 26.3 Å². The van der Waals surface area contributed by atoms with E-state index in [4.69, 9.17) is 5.73 Å². The molecule has 2 aromatic carbocycles. The molecule has 2 amide bonds. The molecular formula is C31H35N7O2S. The van der Waals surface area contributed by atoms with Crippen LogP contribution in [0.15, 0.2) is 81.8 Å². The fraction of sp³-hybridized carbons (Fsp3) is 0.290. The highest BCUT2D eigenvalue weighted by atomic mass is 32.2. The fourth-order valence-corrected chi connectivity index (χ4v) is 5.34. The number of hydrogen-bond donors (Lipinski definition) is 4. The average Bonchev–Trinajstić information content (AvgIpc) is 3.70. The molecule has 1 fully saturated rings. The number of imidazole rings is 1. The fourth-order valence-electron chi connectivity index (χ4n) is 4.37. The second-order valence-corrected chi connectivity index (χ2v) is 10.6. The summed E-state index contributed by atoms with van der Waals surface area (Å²) >= 11 is 1.64. The first-order valence-electron chi connectivity index (χ1n) is 13.7. The van der Waals surface area contributed by atoms with E-state index in [0.29, 0.717) is 31.2 Å². The van der Waals surface area contributed by atoms with Crippen molar-refractivity contribution < 1.29 is 9.59 Å². The van der Waals surface area contributed by atoms with E-state index in [0.717, 1.165) is 52.4 Å².